The van der Waals surface area contributed by atoms with Crippen molar-refractivity contribution in [1.29, 1.82) is 0 Å². The molecular weight excluding hydrogens is 182 g/mol. The van der Waals surface area contributed by atoms with Crippen LogP contribution in [0.4, 0.5) is 0 Å². The van der Waals surface area contributed by atoms with E-state index in [1.165, 1.54) is 28.3 Å². The minimum atomic E-state index is 0.649. The lowest BCUT2D eigenvalue weighted by atomic mass is 9.97. The largest absolute Gasteiger partial charge is 0.330 e. The normalized spacial score (nSPS) is 18.6. The molecule has 0 amide bonds. The Labute approximate surface area is 89.9 Å². The van der Waals surface area contributed by atoms with Crippen molar-refractivity contribution in [1.82, 2.24) is 0 Å². The first-order valence-corrected chi connectivity index (χ1v) is 5.61. The third-order valence-corrected chi connectivity index (χ3v) is 3.44. The van der Waals surface area contributed by atoms with Crippen molar-refractivity contribution < 1.29 is 0 Å². The standard InChI is InChI=1S/C14H15N/c15-8-7-11-9-12-5-1-3-10-4-2-6-13(11)14(10)12/h1-6,11H,7-9,15H2/t11-/m0/s1. The van der Waals surface area contributed by atoms with Gasteiger partial charge in [0.25, 0.3) is 0 Å². The maximum absolute atomic E-state index is 5.67. The van der Waals surface area contributed by atoms with Crippen LogP contribution in [0.2, 0.25) is 0 Å². The van der Waals surface area contributed by atoms with Gasteiger partial charge in [0.15, 0.2) is 0 Å². The second-order valence-corrected chi connectivity index (χ2v) is 4.34. The van der Waals surface area contributed by atoms with Crippen molar-refractivity contribution in [3.05, 3.63) is 47.5 Å². The van der Waals surface area contributed by atoms with Gasteiger partial charge in [-0.1, -0.05) is 36.4 Å². The summed E-state index contributed by atoms with van der Waals surface area (Å²) in [6, 6.07) is 13.2. The van der Waals surface area contributed by atoms with Gasteiger partial charge >= 0.3 is 0 Å². The molecular formula is C14H15N. The highest BCUT2D eigenvalue weighted by molar-refractivity contribution is 5.91. The molecule has 0 bridgehead atoms. The van der Waals surface area contributed by atoms with Crippen LogP contribution in [0, 0.1) is 0 Å². The molecule has 1 atom stereocenters. The molecule has 0 spiro atoms. The van der Waals surface area contributed by atoms with Crippen LogP contribution >= 0.6 is 0 Å². The van der Waals surface area contributed by atoms with Crippen LogP contribution in [0.25, 0.3) is 10.8 Å². The smallest absolute Gasteiger partial charge is 0.00713 e. The Hall–Kier alpha value is -1.34. The quantitative estimate of drug-likeness (QED) is 0.787. The van der Waals surface area contributed by atoms with Crippen LogP contribution < -0.4 is 5.73 Å². The monoisotopic (exact) mass is 197 g/mol. The van der Waals surface area contributed by atoms with Crippen molar-refractivity contribution in [3.63, 3.8) is 0 Å². The summed E-state index contributed by atoms with van der Waals surface area (Å²) in [5, 5.41) is 2.86. The highest BCUT2D eigenvalue weighted by Gasteiger charge is 2.22. The molecule has 2 N–H and O–H groups in total. The summed E-state index contributed by atoms with van der Waals surface area (Å²) < 4.78 is 0. The van der Waals surface area contributed by atoms with E-state index in [1.54, 1.807) is 0 Å². The molecule has 1 heteroatoms. The molecule has 1 aliphatic rings. The first-order valence-electron chi connectivity index (χ1n) is 5.61. The molecule has 0 fully saturated rings. The lowest BCUT2D eigenvalue weighted by Crippen LogP contribution is -2.06. The Morgan fingerprint density at radius 2 is 1.93 bits per heavy atom. The highest BCUT2D eigenvalue weighted by Crippen LogP contribution is 2.39. The molecule has 0 aliphatic heterocycles. The van der Waals surface area contributed by atoms with E-state index < -0.39 is 0 Å². The molecule has 3 rings (SSSR count). The Kier molecular flexibility index (Phi) is 2.00. The van der Waals surface area contributed by atoms with Crippen molar-refractivity contribution in [2.24, 2.45) is 5.73 Å². The van der Waals surface area contributed by atoms with Crippen LogP contribution in [-0.2, 0) is 6.42 Å². The lowest BCUT2D eigenvalue weighted by Gasteiger charge is -2.09. The van der Waals surface area contributed by atoms with E-state index >= 15 is 0 Å². The van der Waals surface area contributed by atoms with Gasteiger partial charge < -0.3 is 5.73 Å². The Morgan fingerprint density at radius 1 is 1.13 bits per heavy atom. The minimum Gasteiger partial charge on any atom is -0.330 e. The molecule has 0 unspecified atom stereocenters. The minimum absolute atomic E-state index is 0.649. The SMILES string of the molecule is NCC[C@H]1Cc2cccc3cccc1c23. The van der Waals surface area contributed by atoms with Gasteiger partial charge in [-0.3, -0.25) is 0 Å². The number of hydrogen-bond acceptors (Lipinski definition) is 1. The summed E-state index contributed by atoms with van der Waals surface area (Å²) in [4.78, 5) is 0. The first-order chi connectivity index (χ1) is 7.40. The third kappa shape index (κ3) is 1.27. The molecule has 2 aromatic rings. The zero-order valence-corrected chi connectivity index (χ0v) is 8.74. The fourth-order valence-corrected chi connectivity index (χ4v) is 2.79. The first kappa shape index (κ1) is 8.93. The predicted octanol–water partition coefficient (Wildman–Crippen LogP) is 2.83. The summed E-state index contributed by atoms with van der Waals surface area (Å²) in [6.07, 6.45) is 2.28. The maximum Gasteiger partial charge on any atom is -0.00713 e. The van der Waals surface area contributed by atoms with E-state index in [0.717, 1.165) is 13.0 Å². The number of rotatable bonds is 2. The van der Waals surface area contributed by atoms with Crippen molar-refractivity contribution in [2.75, 3.05) is 6.54 Å². The molecule has 0 heterocycles. The van der Waals surface area contributed by atoms with Gasteiger partial charge in [0.2, 0.25) is 0 Å². The topological polar surface area (TPSA) is 26.0 Å². The van der Waals surface area contributed by atoms with Crippen molar-refractivity contribution in [2.45, 2.75) is 18.8 Å². The fraction of sp³-hybridized carbons (Fsp3) is 0.286. The van der Waals surface area contributed by atoms with Gasteiger partial charge in [0.1, 0.15) is 0 Å². The average molecular weight is 197 g/mol. The summed E-state index contributed by atoms with van der Waals surface area (Å²) in [5.41, 5.74) is 8.68. The summed E-state index contributed by atoms with van der Waals surface area (Å²) in [7, 11) is 0. The number of benzene rings is 2. The Balaban J connectivity index is 2.22. The zero-order chi connectivity index (χ0) is 10.3. The van der Waals surface area contributed by atoms with Gasteiger partial charge in [-0.15, -0.1) is 0 Å². The maximum atomic E-state index is 5.67. The molecule has 0 saturated carbocycles. The molecule has 15 heavy (non-hydrogen) atoms. The van der Waals surface area contributed by atoms with Crippen LogP contribution in [-0.4, -0.2) is 6.54 Å². The zero-order valence-electron chi connectivity index (χ0n) is 8.74. The fourth-order valence-electron chi connectivity index (χ4n) is 2.79. The summed E-state index contributed by atoms with van der Waals surface area (Å²) in [5.74, 6) is 0.649. The Morgan fingerprint density at radius 3 is 2.73 bits per heavy atom. The second-order valence-electron chi connectivity index (χ2n) is 4.34. The summed E-state index contributed by atoms with van der Waals surface area (Å²) >= 11 is 0. The highest BCUT2D eigenvalue weighted by atomic mass is 14.5. The third-order valence-electron chi connectivity index (χ3n) is 3.44. The lowest BCUT2D eigenvalue weighted by molar-refractivity contribution is 0.652. The van der Waals surface area contributed by atoms with Gasteiger partial charge in [0, 0.05) is 0 Å². The van der Waals surface area contributed by atoms with Crippen LogP contribution in [0.5, 0.6) is 0 Å². The van der Waals surface area contributed by atoms with Crippen LogP contribution in [0.3, 0.4) is 0 Å². The molecule has 0 aromatic heterocycles. The number of nitrogens with two attached hydrogens (primary N) is 1. The van der Waals surface area contributed by atoms with Crippen molar-refractivity contribution in [3.8, 4) is 0 Å². The molecule has 0 saturated heterocycles. The average Bonchev–Trinajstić information content (AvgIpc) is 2.61. The van der Waals surface area contributed by atoms with Gasteiger partial charge in [-0.25, -0.2) is 0 Å². The van der Waals surface area contributed by atoms with Gasteiger partial charge in [-0.2, -0.15) is 0 Å². The molecule has 76 valence electrons. The molecule has 1 nitrogen and oxygen atoms in total. The second kappa shape index (κ2) is 3.35. The van der Waals surface area contributed by atoms with Crippen molar-refractivity contribution >= 4 is 10.8 Å². The van der Waals surface area contributed by atoms with Crippen LogP contribution in [0.1, 0.15) is 23.5 Å². The molecule has 2 aromatic carbocycles. The molecule has 0 radical (unpaired) electrons. The van der Waals surface area contributed by atoms with Crippen LogP contribution in [0.15, 0.2) is 36.4 Å². The van der Waals surface area contributed by atoms with E-state index in [1.807, 2.05) is 0 Å². The number of hydrogen-bond donors (Lipinski definition) is 1. The van der Waals surface area contributed by atoms with E-state index in [9.17, 15) is 0 Å². The predicted molar refractivity (Wildman–Crippen MR) is 64.1 cm³/mol. The molecule has 1 aliphatic carbocycles. The van der Waals surface area contributed by atoms with E-state index in [4.69, 9.17) is 5.73 Å². The van der Waals surface area contributed by atoms with E-state index in [2.05, 4.69) is 36.4 Å². The Bertz CT molecular complexity index is 496. The van der Waals surface area contributed by atoms with Gasteiger partial charge in [-0.05, 0) is 47.2 Å². The van der Waals surface area contributed by atoms with Gasteiger partial charge in [0.05, 0.1) is 0 Å². The van der Waals surface area contributed by atoms with E-state index in [-0.39, 0.29) is 0 Å². The van der Waals surface area contributed by atoms with E-state index in [0.29, 0.717) is 5.92 Å². The summed E-state index contributed by atoms with van der Waals surface area (Å²) in [6.45, 7) is 0.787.